The summed E-state index contributed by atoms with van der Waals surface area (Å²) in [5.41, 5.74) is 0.294. The molecule has 18 heavy (non-hydrogen) atoms. The van der Waals surface area contributed by atoms with Crippen LogP contribution in [-0.4, -0.2) is 14.2 Å². The van der Waals surface area contributed by atoms with E-state index in [9.17, 15) is 13.2 Å². The molecule has 0 fully saturated rings. The minimum atomic E-state index is -3.93. The van der Waals surface area contributed by atoms with Crippen LogP contribution < -0.4 is 0 Å². The highest BCUT2D eigenvalue weighted by Gasteiger charge is 2.24. The van der Waals surface area contributed by atoms with Crippen LogP contribution in [-0.2, 0) is 9.05 Å². The Morgan fingerprint density at radius 1 is 1.11 bits per heavy atom. The molecule has 0 aliphatic rings. The van der Waals surface area contributed by atoms with Gasteiger partial charge in [0.2, 0.25) is 0 Å². The number of rotatable bonds is 3. The number of hydrogen-bond acceptors (Lipinski definition) is 4. The van der Waals surface area contributed by atoms with Gasteiger partial charge < -0.3 is 0 Å². The van der Waals surface area contributed by atoms with Crippen molar-refractivity contribution in [3.8, 4) is 0 Å². The number of hydrogen-bond donors (Lipinski definition) is 0. The third-order valence-corrected chi connectivity index (χ3v) is 5.60. The van der Waals surface area contributed by atoms with Crippen molar-refractivity contribution >= 4 is 48.5 Å². The molecule has 2 aromatic rings. The van der Waals surface area contributed by atoms with Gasteiger partial charge in [-0.2, -0.15) is 0 Å². The lowest BCUT2D eigenvalue weighted by atomic mass is 10.1. The summed E-state index contributed by atoms with van der Waals surface area (Å²) in [5, 5.41) is 1.77. The van der Waals surface area contributed by atoms with Crippen molar-refractivity contribution in [1.82, 2.24) is 0 Å². The highest BCUT2D eigenvalue weighted by Crippen LogP contribution is 2.29. The van der Waals surface area contributed by atoms with Crippen molar-refractivity contribution in [2.45, 2.75) is 4.21 Å². The Hall–Kier alpha value is -0.880. The summed E-state index contributed by atoms with van der Waals surface area (Å²) >= 11 is 6.80. The number of thiophene rings is 1. The van der Waals surface area contributed by atoms with Gasteiger partial charge in [0.25, 0.3) is 9.05 Å². The first-order valence-electron chi connectivity index (χ1n) is 4.72. The minimum Gasteiger partial charge on any atom is -0.288 e. The predicted octanol–water partition coefficient (Wildman–Crippen LogP) is 3.56. The molecule has 1 aromatic carbocycles. The van der Waals surface area contributed by atoms with Gasteiger partial charge in [0, 0.05) is 16.2 Å². The fourth-order valence-corrected chi connectivity index (χ4v) is 3.91. The number of carbonyl (C=O) groups is 1. The maximum atomic E-state index is 12.2. The molecule has 0 N–H and O–H groups in total. The summed E-state index contributed by atoms with van der Waals surface area (Å²) in [6, 6.07) is 7.86. The summed E-state index contributed by atoms with van der Waals surface area (Å²) in [5.74, 6) is -0.457. The highest BCUT2D eigenvalue weighted by atomic mass is 35.7. The molecular formula is C11H6Cl2O3S2. The molecule has 1 aromatic heterocycles. The smallest absolute Gasteiger partial charge is 0.271 e. The van der Waals surface area contributed by atoms with Crippen LogP contribution in [0.3, 0.4) is 0 Å². The number of ketones is 1. The van der Waals surface area contributed by atoms with E-state index in [-0.39, 0.29) is 20.4 Å². The van der Waals surface area contributed by atoms with Gasteiger partial charge in [-0.05, 0) is 23.6 Å². The summed E-state index contributed by atoms with van der Waals surface area (Å²) in [6.07, 6.45) is 0. The first kappa shape index (κ1) is 13.5. The van der Waals surface area contributed by atoms with Crippen molar-refractivity contribution < 1.29 is 13.2 Å². The van der Waals surface area contributed by atoms with E-state index in [4.69, 9.17) is 22.3 Å². The van der Waals surface area contributed by atoms with Gasteiger partial charge in [-0.3, -0.25) is 4.79 Å². The molecule has 0 saturated heterocycles. The zero-order chi connectivity index (χ0) is 13.3. The maximum absolute atomic E-state index is 12.2. The van der Waals surface area contributed by atoms with Crippen LogP contribution in [0.1, 0.15) is 15.9 Å². The maximum Gasteiger partial charge on any atom is 0.271 e. The third kappa shape index (κ3) is 2.59. The van der Waals surface area contributed by atoms with E-state index in [1.807, 2.05) is 0 Å². The highest BCUT2D eigenvalue weighted by molar-refractivity contribution is 8.15. The monoisotopic (exact) mass is 320 g/mol. The fraction of sp³-hybridized carbons (Fsp3) is 0. The average molecular weight is 321 g/mol. The lowest BCUT2D eigenvalue weighted by molar-refractivity contribution is 0.103. The SMILES string of the molecule is O=C(c1ccccc1Cl)c1ccsc1S(=O)(=O)Cl. The van der Waals surface area contributed by atoms with Gasteiger partial charge in [0.1, 0.15) is 4.21 Å². The normalized spacial score (nSPS) is 11.4. The molecule has 0 unspecified atom stereocenters. The Bertz CT molecular complexity index is 705. The van der Waals surface area contributed by atoms with Crippen LogP contribution in [0.4, 0.5) is 0 Å². The Kier molecular flexibility index (Phi) is 3.77. The minimum absolute atomic E-state index is 0.0445. The summed E-state index contributed by atoms with van der Waals surface area (Å²) in [7, 11) is 1.34. The van der Waals surface area contributed by atoms with Crippen LogP contribution in [0.25, 0.3) is 0 Å². The molecule has 0 atom stereocenters. The van der Waals surface area contributed by atoms with Gasteiger partial charge in [0.05, 0.1) is 10.6 Å². The molecule has 94 valence electrons. The standard InChI is InChI=1S/C11H6Cl2O3S2/c12-9-4-2-1-3-7(9)10(14)8-5-6-17-11(8)18(13,15)16/h1-6H. The van der Waals surface area contributed by atoms with Crippen LogP contribution >= 0.6 is 33.6 Å². The summed E-state index contributed by atoms with van der Waals surface area (Å²) < 4.78 is 22.5. The molecule has 0 aliphatic heterocycles. The van der Waals surface area contributed by atoms with Crippen molar-refractivity contribution in [2.24, 2.45) is 0 Å². The molecule has 0 radical (unpaired) electrons. The van der Waals surface area contributed by atoms with E-state index in [0.717, 1.165) is 11.3 Å². The second-order valence-corrected chi connectivity index (χ2v) is 7.45. The van der Waals surface area contributed by atoms with Gasteiger partial charge in [0.15, 0.2) is 5.78 Å². The van der Waals surface area contributed by atoms with Crippen molar-refractivity contribution in [1.29, 1.82) is 0 Å². The lowest BCUT2D eigenvalue weighted by Gasteiger charge is -2.02. The lowest BCUT2D eigenvalue weighted by Crippen LogP contribution is -2.04. The Morgan fingerprint density at radius 3 is 2.39 bits per heavy atom. The summed E-state index contributed by atoms with van der Waals surface area (Å²) in [4.78, 5) is 12.2. The first-order valence-corrected chi connectivity index (χ1v) is 8.29. The number of halogens is 2. The second-order valence-electron chi connectivity index (χ2n) is 3.37. The molecule has 7 heteroatoms. The van der Waals surface area contributed by atoms with Crippen LogP contribution in [0.5, 0.6) is 0 Å². The van der Waals surface area contributed by atoms with Gasteiger partial charge >= 0.3 is 0 Å². The Morgan fingerprint density at radius 2 is 1.78 bits per heavy atom. The Labute approximate surface area is 117 Å². The molecule has 0 bridgehead atoms. The van der Waals surface area contributed by atoms with Gasteiger partial charge in [-0.1, -0.05) is 23.7 Å². The van der Waals surface area contributed by atoms with Crippen molar-refractivity contribution in [3.63, 3.8) is 0 Å². The number of carbonyl (C=O) groups excluding carboxylic acids is 1. The molecule has 3 nitrogen and oxygen atoms in total. The summed E-state index contributed by atoms with van der Waals surface area (Å²) in [6.45, 7) is 0. The molecule has 0 amide bonds. The van der Waals surface area contributed by atoms with Crippen LogP contribution in [0.2, 0.25) is 5.02 Å². The van der Waals surface area contributed by atoms with E-state index < -0.39 is 14.8 Å². The van der Waals surface area contributed by atoms with E-state index in [1.54, 1.807) is 18.2 Å². The molecule has 0 saturated carbocycles. The topological polar surface area (TPSA) is 51.2 Å². The van der Waals surface area contributed by atoms with E-state index >= 15 is 0 Å². The predicted molar refractivity (Wildman–Crippen MR) is 72.2 cm³/mol. The van der Waals surface area contributed by atoms with Crippen molar-refractivity contribution in [2.75, 3.05) is 0 Å². The largest absolute Gasteiger partial charge is 0.288 e. The van der Waals surface area contributed by atoms with Gasteiger partial charge in [-0.25, -0.2) is 8.42 Å². The Balaban J connectivity index is 2.55. The van der Waals surface area contributed by atoms with E-state index in [1.165, 1.54) is 17.5 Å². The second kappa shape index (κ2) is 5.01. The third-order valence-electron chi connectivity index (χ3n) is 2.21. The molecular weight excluding hydrogens is 315 g/mol. The molecule has 1 heterocycles. The zero-order valence-corrected chi connectivity index (χ0v) is 11.9. The fourth-order valence-electron chi connectivity index (χ4n) is 1.44. The quantitative estimate of drug-likeness (QED) is 0.641. The first-order chi connectivity index (χ1) is 8.41. The van der Waals surface area contributed by atoms with Crippen LogP contribution in [0, 0.1) is 0 Å². The molecule has 0 aliphatic carbocycles. The number of benzene rings is 1. The van der Waals surface area contributed by atoms with E-state index in [2.05, 4.69) is 0 Å². The van der Waals surface area contributed by atoms with Crippen molar-refractivity contribution in [3.05, 3.63) is 51.9 Å². The zero-order valence-electron chi connectivity index (χ0n) is 8.76. The van der Waals surface area contributed by atoms with Gasteiger partial charge in [-0.15, -0.1) is 11.3 Å². The average Bonchev–Trinajstić information content (AvgIpc) is 2.77. The molecule has 2 rings (SSSR count). The molecule has 0 spiro atoms. The van der Waals surface area contributed by atoms with Crippen LogP contribution in [0.15, 0.2) is 39.9 Å². The van der Waals surface area contributed by atoms with E-state index in [0.29, 0.717) is 0 Å².